The summed E-state index contributed by atoms with van der Waals surface area (Å²) >= 11 is 0. The highest BCUT2D eigenvalue weighted by atomic mass is 19.1. The predicted molar refractivity (Wildman–Crippen MR) is 62.3 cm³/mol. The Morgan fingerprint density at radius 2 is 1.57 bits per heavy atom. The minimum absolute atomic E-state index is 0.245. The van der Waals surface area contributed by atoms with Crippen LogP contribution in [0.3, 0.4) is 0 Å². The summed E-state index contributed by atoms with van der Waals surface area (Å²) in [5, 5.41) is 0. The Hall–Kier alpha value is -0.0700. The lowest BCUT2D eigenvalue weighted by Gasteiger charge is -2.18. The standard InChI is InChI=1S/C13H27F/c1-5-8-12(7-3)9-10-13(14)11(4)6-2/h11-13H,5-10H2,1-4H3/t11?,12-,13?/m0/s1. The molecule has 0 saturated carbocycles. The summed E-state index contributed by atoms with van der Waals surface area (Å²) in [6, 6.07) is 0. The molecular weight excluding hydrogens is 175 g/mol. The van der Waals surface area contributed by atoms with E-state index in [1.165, 1.54) is 19.3 Å². The minimum Gasteiger partial charge on any atom is -0.247 e. The third-order valence-electron chi connectivity index (χ3n) is 3.39. The van der Waals surface area contributed by atoms with Crippen LogP contribution in [0.25, 0.3) is 0 Å². The van der Waals surface area contributed by atoms with E-state index in [-0.39, 0.29) is 5.92 Å². The van der Waals surface area contributed by atoms with Crippen LogP contribution in [0.2, 0.25) is 0 Å². The van der Waals surface area contributed by atoms with E-state index in [9.17, 15) is 4.39 Å². The average Bonchev–Trinajstić information content (AvgIpc) is 2.22. The summed E-state index contributed by atoms with van der Waals surface area (Å²) in [6.07, 6.45) is 5.95. The Morgan fingerprint density at radius 1 is 0.929 bits per heavy atom. The molecule has 1 heteroatoms. The first-order chi connectivity index (χ1) is 6.65. The molecule has 0 heterocycles. The van der Waals surface area contributed by atoms with Crippen LogP contribution in [-0.4, -0.2) is 6.17 Å². The van der Waals surface area contributed by atoms with Crippen molar-refractivity contribution >= 4 is 0 Å². The van der Waals surface area contributed by atoms with Gasteiger partial charge in [0.05, 0.1) is 0 Å². The van der Waals surface area contributed by atoms with E-state index in [0.717, 1.165) is 25.2 Å². The Morgan fingerprint density at radius 3 is 2.00 bits per heavy atom. The van der Waals surface area contributed by atoms with Gasteiger partial charge in [-0.1, -0.05) is 53.4 Å². The van der Waals surface area contributed by atoms with E-state index in [2.05, 4.69) is 20.8 Å². The fourth-order valence-corrected chi connectivity index (χ4v) is 1.90. The number of halogens is 1. The molecule has 0 saturated heterocycles. The van der Waals surface area contributed by atoms with E-state index >= 15 is 0 Å². The van der Waals surface area contributed by atoms with Crippen LogP contribution >= 0.6 is 0 Å². The number of rotatable bonds is 8. The minimum atomic E-state index is -0.578. The second kappa shape index (κ2) is 8.26. The number of hydrogen-bond acceptors (Lipinski definition) is 0. The molecule has 0 aromatic carbocycles. The van der Waals surface area contributed by atoms with E-state index in [0.29, 0.717) is 0 Å². The molecule has 0 rings (SSSR count). The van der Waals surface area contributed by atoms with Crippen molar-refractivity contribution in [2.75, 3.05) is 0 Å². The lowest BCUT2D eigenvalue weighted by atomic mass is 9.91. The summed E-state index contributed by atoms with van der Waals surface area (Å²) < 4.78 is 13.5. The molecule has 86 valence electrons. The van der Waals surface area contributed by atoms with Crippen molar-refractivity contribution in [1.29, 1.82) is 0 Å². The summed E-state index contributed by atoms with van der Waals surface area (Å²) in [5.41, 5.74) is 0. The van der Waals surface area contributed by atoms with Gasteiger partial charge in [-0.25, -0.2) is 4.39 Å². The zero-order chi connectivity index (χ0) is 11.0. The highest BCUT2D eigenvalue weighted by Crippen LogP contribution is 2.23. The highest BCUT2D eigenvalue weighted by Gasteiger charge is 2.16. The fourth-order valence-electron chi connectivity index (χ4n) is 1.90. The van der Waals surface area contributed by atoms with Crippen molar-refractivity contribution in [2.45, 2.75) is 72.4 Å². The topological polar surface area (TPSA) is 0 Å². The van der Waals surface area contributed by atoms with E-state index in [4.69, 9.17) is 0 Å². The van der Waals surface area contributed by atoms with E-state index in [1.807, 2.05) is 6.92 Å². The molecule has 0 spiro atoms. The Bertz CT molecular complexity index is 120. The van der Waals surface area contributed by atoms with Crippen molar-refractivity contribution in [3.63, 3.8) is 0 Å². The van der Waals surface area contributed by atoms with Crippen molar-refractivity contribution in [3.8, 4) is 0 Å². The van der Waals surface area contributed by atoms with Gasteiger partial charge in [-0.2, -0.15) is 0 Å². The number of alkyl halides is 1. The molecule has 0 aliphatic heterocycles. The van der Waals surface area contributed by atoms with Crippen LogP contribution in [-0.2, 0) is 0 Å². The van der Waals surface area contributed by atoms with Gasteiger partial charge in [0, 0.05) is 0 Å². The van der Waals surface area contributed by atoms with Gasteiger partial charge < -0.3 is 0 Å². The Kier molecular flexibility index (Phi) is 8.21. The molecular formula is C13H27F. The summed E-state index contributed by atoms with van der Waals surface area (Å²) in [7, 11) is 0. The first-order valence-corrected chi connectivity index (χ1v) is 6.29. The third kappa shape index (κ3) is 5.62. The van der Waals surface area contributed by atoms with Crippen LogP contribution in [0.4, 0.5) is 4.39 Å². The monoisotopic (exact) mass is 202 g/mol. The van der Waals surface area contributed by atoms with Crippen molar-refractivity contribution < 1.29 is 4.39 Å². The molecule has 0 radical (unpaired) electrons. The maximum atomic E-state index is 13.5. The molecule has 0 bridgehead atoms. The largest absolute Gasteiger partial charge is 0.247 e. The zero-order valence-electron chi connectivity index (χ0n) is 10.4. The second-order valence-corrected chi connectivity index (χ2v) is 4.54. The van der Waals surface area contributed by atoms with E-state index < -0.39 is 6.17 Å². The first-order valence-electron chi connectivity index (χ1n) is 6.29. The van der Waals surface area contributed by atoms with E-state index in [1.54, 1.807) is 0 Å². The van der Waals surface area contributed by atoms with Crippen LogP contribution in [0, 0.1) is 11.8 Å². The Labute approximate surface area is 89.3 Å². The molecule has 0 aromatic heterocycles. The predicted octanol–water partition coefficient (Wildman–Crippen LogP) is 4.98. The Balaban J connectivity index is 3.67. The van der Waals surface area contributed by atoms with Gasteiger partial charge in [0.1, 0.15) is 6.17 Å². The lowest BCUT2D eigenvalue weighted by molar-refractivity contribution is 0.204. The first kappa shape index (κ1) is 13.9. The summed E-state index contributed by atoms with van der Waals surface area (Å²) in [4.78, 5) is 0. The van der Waals surface area contributed by atoms with Gasteiger partial charge in [-0.05, 0) is 24.7 Å². The van der Waals surface area contributed by atoms with Crippen LogP contribution in [0.1, 0.15) is 66.2 Å². The number of hydrogen-bond donors (Lipinski definition) is 0. The molecule has 0 nitrogen and oxygen atoms in total. The molecule has 2 unspecified atom stereocenters. The van der Waals surface area contributed by atoms with Crippen LogP contribution < -0.4 is 0 Å². The van der Waals surface area contributed by atoms with Gasteiger partial charge in [0.2, 0.25) is 0 Å². The normalized spacial score (nSPS) is 17.8. The fraction of sp³-hybridized carbons (Fsp3) is 1.00. The maximum absolute atomic E-state index is 13.5. The van der Waals surface area contributed by atoms with Crippen LogP contribution in [0.5, 0.6) is 0 Å². The van der Waals surface area contributed by atoms with Crippen LogP contribution in [0.15, 0.2) is 0 Å². The van der Waals surface area contributed by atoms with Gasteiger partial charge in [-0.15, -0.1) is 0 Å². The third-order valence-corrected chi connectivity index (χ3v) is 3.39. The quantitative estimate of drug-likeness (QED) is 0.521. The second-order valence-electron chi connectivity index (χ2n) is 4.54. The molecule has 0 aliphatic rings. The molecule has 14 heavy (non-hydrogen) atoms. The molecule has 0 N–H and O–H groups in total. The molecule has 0 fully saturated rings. The van der Waals surface area contributed by atoms with Gasteiger partial charge in [-0.3, -0.25) is 0 Å². The molecule has 0 aliphatic carbocycles. The molecule has 0 aromatic rings. The maximum Gasteiger partial charge on any atom is 0.103 e. The van der Waals surface area contributed by atoms with Crippen molar-refractivity contribution in [1.82, 2.24) is 0 Å². The van der Waals surface area contributed by atoms with Gasteiger partial charge >= 0.3 is 0 Å². The van der Waals surface area contributed by atoms with Crippen molar-refractivity contribution in [3.05, 3.63) is 0 Å². The summed E-state index contributed by atoms with van der Waals surface area (Å²) in [5.74, 6) is 0.997. The molecule has 0 amide bonds. The van der Waals surface area contributed by atoms with Gasteiger partial charge in [0.15, 0.2) is 0 Å². The highest BCUT2D eigenvalue weighted by molar-refractivity contribution is 4.66. The zero-order valence-corrected chi connectivity index (χ0v) is 10.4. The summed E-state index contributed by atoms with van der Waals surface area (Å²) in [6.45, 7) is 8.52. The van der Waals surface area contributed by atoms with Gasteiger partial charge in [0.25, 0.3) is 0 Å². The average molecular weight is 202 g/mol. The van der Waals surface area contributed by atoms with Crippen molar-refractivity contribution in [2.24, 2.45) is 11.8 Å². The SMILES string of the molecule is CCC[C@H](CC)CCC(F)C(C)CC. The molecule has 3 atom stereocenters. The smallest absolute Gasteiger partial charge is 0.103 e. The lowest BCUT2D eigenvalue weighted by Crippen LogP contribution is -2.13.